The number of carbonyl (C=O) groups excluding carboxylic acids is 3. The number of carboxylic acids is 1. The van der Waals surface area contributed by atoms with Crippen LogP contribution in [0.25, 0.3) is 0 Å². The maximum atomic E-state index is 14.1. The number of ketones is 1. The minimum Gasteiger partial charge on any atom is -0.481 e. The minimum absolute atomic E-state index is 0.00346. The van der Waals surface area contributed by atoms with Gasteiger partial charge in [-0.25, -0.2) is 0 Å². The standard InChI is InChI=1S/C46H64N2O6/c1-28(2)37-30(49)26-45(20-17-35(50)48-46(23-24-46)33-12-10-11-25-47-33)22-21-43(8)29(38(37)45)13-14-32-42(7)18-16-34(54-36(51)27-40(3,4)39(52)53)41(5,6)31(42)15-19-44(32,43)9/h10-12,17,20,25,28-29,31-32,34H,13-16,18-19,21-24,26-27H2,1-9H3,(H,48,50)(H,52,53)/t29-,31+,32-,34+,42+,43-,44-,45+/m1/s1. The summed E-state index contributed by atoms with van der Waals surface area (Å²) in [5, 5.41) is 12.9. The van der Waals surface area contributed by atoms with Crippen LogP contribution in [0, 0.1) is 56.2 Å². The van der Waals surface area contributed by atoms with Gasteiger partial charge in [-0.2, -0.15) is 0 Å². The number of pyridine rings is 1. The van der Waals surface area contributed by atoms with Crippen LogP contribution < -0.4 is 5.32 Å². The summed E-state index contributed by atoms with van der Waals surface area (Å²) in [4.78, 5) is 57.1. The van der Waals surface area contributed by atoms with E-state index in [1.54, 1.807) is 26.1 Å². The van der Waals surface area contributed by atoms with E-state index in [1.165, 1.54) is 5.57 Å². The Kier molecular flexibility index (Phi) is 9.29. The molecule has 54 heavy (non-hydrogen) atoms. The van der Waals surface area contributed by atoms with Crippen molar-refractivity contribution in [3.8, 4) is 0 Å². The number of Topliss-reactive ketones (excluding diaryl/α,β-unsaturated/α-hetero) is 1. The molecule has 2 N–H and O–H groups in total. The largest absolute Gasteiger partial charge is 0.481 e. The second-order valence-electron chi connectivity index (χ2n) is 20.7. The van der Waals surface area contributed by atoms with Crippen LogP contribution in [0.15, 0.2) is 47.7 Å². The molecule has 6 aliphatic carbocycles. The molecule has 1 amide bonds. The normalized spacial score (nSPS) is 37.9. The number of rotatable bonds is 9. The smallest absolute Gasteiger partial charge is 0.309 e. The first kappa shape index (κ1) is 39.0. The van der Waals surface area contributed by atoms with Crippen LogP contribution in [0.5, 0.6) is 0 Å². The lowest BCUT2D eigenvalue weighted by Gasteiger charge is -2.72. The predicted octanol–water partition coefficient (Wildman–Crippen LogP) is 9.14. The van der Waals surface area contributed by atoms with Gasteiger partial charge in [0.05, 0.1) is 23.1 Å². The molecule has 8 heteroatoms. The third kappa shape index (κ3) is 5.85. The molecule has 7 rings (SSSR count). The number of esters is 1. The van der Waals surface area contributed by atoms with E-state index >= 15 is 0 Å². The molecule has 0 unspecified atom stereocenters. The van der Waals surface area contributed by atoms with Gasteiger partial charge in [-0.3, -0.25) is 24.2 Å². The highest BCUT2D eigenvalue weighted by atomic mass is 16.5. The van der Waals surface area contributed by atoms with E-state index < -0.39 is 28.3 Å². The summed E-state index contributed by atoms with van der Waals surface area (Å²) in [5.41, 5.74) is 1.13. The van der Waals surface area contributed by atoms with Crippen LogP contribution in [-0.4, -0.2) is 39.8 Å². The number of nitrogens with one attached hydrogen (secondary N) is 1. The van der Waals surface area contributed by atoms with Gasteiger partial charge in [-0.15, -0.1) is 0 Å². The van der Waals surface area contributed by atoms with Gasteiger partial charge < -0.3 is 15.2 Å². The summed E-state index contributed by atoms with van der Waals surface area (Å²) >= 11 is 0. The third-order valence-corrected chi connectivity index (χ3v) is 16.7. The van der Waals surface area contributed by atoms with E-state index in [-0.39, 0.29) is 57.7 Å². The van der Waals surface area contributed by atoms with E-state index in [0.717, 1.165) is 75.5 Å². The fraction of sp³-hybridized carbons (Fsp3) is 0.717. The van der Waals surface area contributed by atoms with E-state index in [4.69, 9.17) is 4.74 Å². The number of carbonyl (C=O) groups is 4. The fourth-order valence-corrected chi connectivity index (χ4v) is 13.4. The van der Waals surface area contributed by atoms with Crippen molar-refractivity contribution in [1.29, 1.82) is 0 Å². The third-order valence-electron chi connectivity index (χ3n) is 16.7. The van der Waals surface area contributed by atoms with Gasteiger partial charge in [0.25, 0.3) is 0 Å². The van der Waals surface area contributed by atoms with Crippen molar-refractivity contribution in [3.05, 3.63) is 53.4 Å². The van der Waals surface area contributed by atoms with Gasteiger partial charge in [0.2, 0.25) is 5.91 Å². The molecule has 0 aliphatic heterocycles. The van der Waals surface area contributed by atoms with Crippen molar-refractivity contribution in [2.75, 3.05) is 0 Å². The molecule has 0 saturated heterocycles. The molecule has 1 aromatic rings. The lowest BCUT2D eigenvalue weighted by atomic mass is 9.33. The van der Waals surface area contributed by atoms with Crippen LogP contribution in [0.3, 0.4) is 0 Å². The minimum atomic E-state index is -1.17. The van der Waals surface area contributed by atoms with Gasteiger partial charge in [-0.05, 0) is 147 Å². The van der Waals surface area contributed by atoms with E-state index in [1.807, 2.05) is 18.2 Å². The Hall–Kier alpha value is -3.29. The lowest BCUT2D eigenvalue weighted by Crippen LogP contribution is -2.65. The van der Waals surface area contributed by atoms with Crippen molar-refractivity contribution in [2.45, 2.75) is 151 Å². The van der Waals surface area contributed by atoms with Crippen molar-refractivity contribution in [3.63, 3.8) is 0 Å². The highest BCUT2D eigenvalue weighted by molar-refractivity contribution is 6.01. The van der Waals surface area contributed by atoms with Crippen molar-refractivity contribution < 1.29 is 29.0 Å². The SMILES string of the molecule is CC(C)C1=C2[C@H]3CC[C@@H]4[C@@]5(C)CC[C@H](OC(=O)CC(C)(C)C(=O)O)C(C)(C)[C@@H]5CC[C@@]4(C)[C@]3(C)CC[C@@]2(C=CC(=O)NC2(c3ccccn3)CC2)CC1=O. The first-order valence-corrected chi connectivity index (χ1v) is 20.8. The molecule has 0 spiro atoms. The number of carboxylic acid groups (broad SMARTS) is 1. The van der Waals surface area contributed by atoms with Gasteiger partial charge >= 0.3 is 11.9 Å². The zero-order chi connectivity index (χ0) is 39.3. The molecule has 0 radical (unpaired) electrons. The molecular weight excluding hydrogens is 677 g/mol. The highest BCUT2D eigenvalue weighted by Gasteiger charge is 2.70. The Morgan fingerprint density at radius 2 is 1.67 bits per heavy atom. The number of aromatic nitrogens is 1. The molecule has 294 valence electrons. The van der Waals surface area contributed by atoms with Crippen LogP contribution in [-0.2, 0) is 29.5 Å². The molecule has 8 nitrogen and oxygen atoms in total. The first-order chi connectivity index (χ1) is 25.2. The summed E-state index contributed by atoms with van der Waals surface area (Å²) in [5.74, 6) is -0.0170. The van der Waals surface area contributed by atoms with Crippen molar-refractivity contribution >= 4 is 23.6 Å². The van der Waals surface area contributed by atoms with Crippen molar-refractivity contribution in [2.24, 2.45) is 56.2 Å². The molecule has 6 aliphatic rings. The molecule has 0 aromatic carbocycles. The van der Waals surface area contributed by atoms with Gasteiger partial charge in [0.15, 0.2) is 5.78 Å². The maximum Gasteiger partial charge on any atom is 0.309 e. The summed E-state index contributed by atoms with van der Waals surface area (Å²) in [6.07, 6.45) is 15.4. The van der Waals surface area contributed by atoms with Crippen LogP contribution in [0.4, 0.5) is 0 Å². The molecule has 8 atom stereocenters. The molecule has 1 aromatic heterocycles. The van der Waals surface area contributed by atoms with Gasteiger partial charge in [0.1, 0.15) is 6.10 Å². The number of hydrogen-bond donors (Lipinski definition) is 2. The van der Waals surface area contributed by atoms with Gasteiger partial charge in [0, 0.05) is 23.4 Å². The summed E-state index contributed by atoms with van der Waals surface area (Å²) < 4.78 is 6.17. The summed E-state index contributed by atoms with van der Waals surface area (Å²) in [6, 6.07) is 5.85. The zero-order valence-electron chi connectivity index (χ0n) is 34.3. The fourth-order valence-electron chi connectivity index (χ4n) is 13.4. The van der Waals surface area contributed by atoms with E-state index in [0.29, 0.717) is 18.3 Å². The van der Waals surface area contributed by atoms with Crippen LogP contribution in [0.2, 0.25) is 0 Å². The monoisotopic (exact) mass is 740 g/mol. The number of aliphatic carboxylic acids is 1. The molecule has 1 heterocycles. The highest BCUT2D eigenvalue weighted by Crippen LogP contribution is 2.77. The molecular formula is C46H64N2O6. The van der Waals surface area contributed by atoms with Crippen molar-refractivity contribution in [1.82, 2.24) is 10.3 Å². The lowest BCUT2D eigenvalue weighted by molar-refractivity contribution is -0.232. The molecule has 5 saturated carbocycles. The van der Waals surface area contributed by atoms with E-state index in [2.05, 4.69) is 64.8 Å². The number of nitrogens with zero attached hydrogens (tertiary/aromatic N) is 1. The summed E-state index contributed by atoms with van der Waals surface area (Å²) in [7, 11) is 0. The number of amides is 1. The Balaban J connectivity index is 1.15. The summed E-state index contributed by atoms with van der Waals surface area (Å²) in [6.45, 7) is 19.6. The van der Waals surface area contributed by atoms with Crippen LogP contribution >= 0.6 is 0 Å². The number of hydrogen-bond acceptors (Lipinski definition) is 6. The average molecular weight is 741 g/mol. The number of ether oxygens (including phenoxy) is 1. The second-order valence-corrected chi connectivity index (χ2v) is 20.7. The van der Waals surface area contributed by atoms with Crippen LogP contribution in [0.1, 0.15) is 145 Å². The Morgan fingerprint density at radius 1 is 0.944 bits per heavy atom. The average Bonchev–Trinajstić information content (AvgIpc) is 3.80. The maximum absolute atomic E-state index is 14.1. The quantitative estimate of drug-likeness (QED) is 0.191. The Labute approximate surface area is 322 Å². The first-order valence-electron chi connectivity index (χ1n) is 20.8. The topological polar surface area (TPSA) is 123 Å². The van der Waals surface area contributed by atoms with Gasteiger partial charge in [-0.1, -0.05) is 60.6 Å². The van der Waals surface area contributed by atoms with E-state index in [9.17, 15) is 24.3 Å². The number of fused-ring (bicyclic) bond motifs is 7. The number of allylic oxidation sites excluding steroid dienone is 3. The Morgan fingerprint density at radius 3 is 2.30 bits per heavy atom. The molecule has 0 bridgehead atoms. The zero-order valence-corrected chi connectivity index (χ0v) is 34.3. The Bertz CT molecular complexity index is 1790. The molecule has 5 fully saturated rings. The second kappa shape index (κ2) is 12.9. The predicted molar refractivity (Wildman–Crippen MR) is 208 cm³/mol.